The number of carbonyl (C=O) groups is 1. The molecular weight excluding hydrogens is 326 g/mol. The van der Waals surface area contributed by atoms with Crippen molar-refractivity contribution in [2.75, 3.05) is 19.8 Å². The first-order valence-corrected chi connectivity index (χ1v) is 9.32. The van der Waals surface area contributed by atoms with Crippen molar-refractivity contribution in [1.82, 2.24) is 4.90 Å². The van der Waals surface area contributed by atoms with Gasteiger partial charge in [0.05, 0.1) is 24.7 Å². The van der Waals surface area contributed by atoms with Crippen LogP contribution in [0.4, 0.5) is 0 Å². The van der Waals surface area contributed by atoms with Gasteiger partial charge in [0, 0.05) is 13.2 Å². The fourth-order valence-electron chi connectivity index (χ4n) is 3.44. The van der Waals surface area contributed by atoms with E-state index in [0.717, 1.165) is 18.4 Å². The van der Waals surface area contributed by atoms with Gasteiger partial charge in [0.1, 0.15) is 0 Å². The number of carbonyl (C=O) groups excluding carboxylic acids is 1. The second kappa shape index (κ2) is 8.97. The van der Waals surface area contributed by atoms with Crippen molar-refractivity contribution in [3.63, 3.8) is 0 Å². The van der Waals surface area contributed by atoms with Gasteiger partial charge in [0.25, 0.3) is 0 Å². The highest BCUT2D eigenvalue weighted by molar-refractivity contribution is 5.84. The van der Waals surface area contributed by atoms with Crippen LogP contribution in [0.1, 0.15) is 30.4 Å². The molecule has 3 rings (SSSR count). The quantitative estimate of drug-likeness (QED) is 0.742. The normalized spacial score (nSPS) is 20.5. The molecule has 138 valence electrons. The third kappa shape index (κ3) is 4.32. The number of likely N-dealkylation sites (tertiary alicyclic amines) is 1. The lowest BCUT2D eigenvalue weighted by atomic mass is 9.93. The number of hydrogen-bond acceptors (Lipinski definition) is 3. The summed E-state index contributed by atoms with van der Waals surface area (Å²) in [6.45, 7) is 3.07. The van der Waals surface area contributed by atoms with Crippen molar-refractivity contribution < 1.29 is 14.6 Å². The lowest BCUT2D eigenvalue weighted by Crippen LogP contribution is -2.65. The molecule has 0 saturated carbocycles. The molecule has 26 heavy (non-hydrogen) atoms. The van der Waals surface area contributed by atoms with Crippen molar-refractivity contribution in [1.29, 1.82) is 0 Å². The molecular formula is C22H27NO3. The van der Waals surface area contributed by atoms with E-state index in [4.69, 9.17) is 4.74 Å². The molecule has 1 amide bonds. The summed E-state index contributed by atoms with van der Waals surface area (Å²) in [5, 5.41) is 9.69. The van der Waals surface area contributed by atoms with Crippen LogP contribution in [0.15, 0.2) is 60.7 Å². The maximum Gasteiger partial charge on any atom is 0.230 e. The topological polar surface area (TPSA) is 49.8 Å². The van der Waals surface area contributed by atoms with Crippen LogP contribution in [0.5, 0.6) is 0 Å². The average Bonchev–Trinajstić information content (AvgIpc) is 2.67. The molecule has 0 spiro atoms. The molecule has 1 heterocycles. The van der Waals surface area contributed by atoms with Crippen LogP contribution in [-0.4, -0.2) is 47.8 Å². The molecule has 0 radical (unpaired) electrons. The predicted octanol–water partition coefficient (Wildman–Crippen LogP) is 3.01. The SMILES string of the molecule is CC(C(=O)N1CC(OCCCc2ccccc2)C1CO)c1ccccc1. The summed E-state index contributed by atoms with van der Waals surface area (Å²) < 4.78 is 5.92. The van der Waals surface area contributed by atoms with Crippen LogP contribution < -0.4 is 0 Å². The van der Waals surface area contributed by atoms with E-state index in [1.165, 1.54) is 5.56 Å². The molecule has 3 unspecified atom stereocenters. The van der Waals surface area contributed by atoms with E-state index in [2.05, 4.69) is 12.1 Å². The van der Waals surface area contributed by atoms with E-state index in [1.54, 1.807) is 4.90 Å². The van der Waals surface area contributed by atoms with Crippen molar-refractivity contribution in [3.8, 4) is 0 Å². The summed E-state index contributed by atoms with van der Waals surface area (Å²) in [6, 6.07) is 19.9. The van der Waals surface area contributed by atoms with Crippen LogP contribution in [0.2, 0.25) is 0 Å². The molecule has 1 saturated heterocycles. The molecule has 1 aliphatic rings. The Labute approximate surface area is 155 Å². The zero-order valence-corrected chi connectivity index (χ0v) is 15.3. The Balaban J connectivity index is 1.45. The van der Waals surface area contributed by atoms with E-state index in [-0.39, 0.29) is 30.6 Å². The molecule has 0 aromatic heterocycles. The van der Waals surface area contributed by atoms with Gasteiger partial charge in [-0.15, -0.1) is 0 Å². The molecule has 0 bridgehead atoms. The maximum atomic E-state index is 12.7. The second-order valence-electron chi connectivity index (χ2n) is 6.87. The highest BCUT2D eigenvalue weighted by Gasteiger charge is 2.43. The fourth-order valence-corrected chi connectivity index (χ4v) is 3.44. The molecule has 3 atom stereocenters. The van der Waals surface area contributed by atoms with Crippen molar-refractivity contribution in [2.45, 2.75) is 37.8 Å². The number of rotatable bonds is 8. The van der Waals surface area contributed by atoms with Gasteiger partial charge < -0.3 is 14.7 Å². The van der Waals surface area contributed by atoms with Crippen LogP contribution in [0.3, 0.4) is 0 Å². The first kappa shape index (κ1) is 18.6. The molecule has 1 N–H and O–H groups in total. The molecule has 4 nitrogen and oxygen atoms in total. The van der Waals surface area contributed by atoms with Crippen molar-refractivity contribution in [2.24, 2.45) is 0 Å². The Morgan fingerprint density at radius 2 is 1.81 bits per heavy atom. The van der Waals surface area contributed by atoms with Gasteiger partial charge in [-0.1, -0.05) is 60.7 Å². The van der Waals surface area contributed by atoms with E-state index in [9.17, 15) is 9.90 Å². The summed E-state index contributed by atoms with van der Waals surface area (Å²) in [7, 11) is 0. The van der Waals surface area contributed by atoms with Gasteiger partial charge in [-0.3, -0.25) is 4.79 Å². The smallest absolute Gasteiger partial charge is 0.230 e. The number of benzene rings is 2. The van der Waals surface area contributed by atoms with E-state index in [1.807, 2.05) is 55.5 Å². The van der Waals surface area contributed by atoms with Crippen molar-refractivity contribution >= 4 is 5.91 Å². The summed E-state index contributed by atoms with van der Waals surface area (Å²) in [4.78, 5) is 14.5. The summed E-state index contributed by atoms with van der Waals surface area (Å²) in [6.07, 6.45) is 1.85. The minimum absolute atomic E-state index is 0.0550. The molecule has 1 aliphatic heterocycles. The Hall–Kier alpha value is -2.17. The minimum Gasteiger partial charge on any atom is -0.394 e. The van der Waals surface area contributed by atoms with Gasteiger partial charge in [-0.05, 0) is 30.9 Å². The largest absolute Gasteiger partial charge is 0.394 e. The van der Waals surface area contributed by atoms with Gasteiger partial charge in [-0.25, -0.2) is 0 Å². The number of hydrogen-bond donors (Lipinski definition) is 1. The zero-order valence-electron chi connectivity index (χ0n) is 15.3. The number of aryl methyl sites for hydroxylation is 1. The number of aliphatic hydroxyl groups excluding tert-OH is 1. The van der Waals surface area contributed by atoms with E-state index >= 15 is 0 Å². The predicted molar refractivity (Wildman–Crippen MR) is 102 cm³/mol. The maximum absolute atomic E-state index is 12.7. The highest BCUT2D eigenvalue weighted by Crippen LogP contribution is 2.27. The molecule has 0 aliphatic carbocycles. The van der Waals surface area contributed by atoms with Crippen molar-refractivity contribution in [3.05, 3.63) is 71.8 Å². The first-order valence-electron chi connectivity index (χ1n) is 9.32. The molecule has 1 fully saturated rings. The van der Waals surface area contributed by atoms with Crippen LogP contribution in [-0.2, 0) is 16.0 Å². The first-order chi connectivity index (χ1) is 12.7. The summed E-state index contributed by atoms with van der Waals surface area (Å²) in [5.41, 5.74) is 2.30. The Bertz CT molecular complexity index is 689. The van der Waals surface area contributed by atoms with Crippen LogP contribution in [0.25, 0.3) is 0 Å². The van der Waals surface area contributed by atoms with Crippen LogP contribution in [0, 0.1) is 0 Å². The number of aliphatic hydroxyl groups is 1. The monoisotopic (exact) mass is 353 g/mol. The number of amides is 1. The van der Waals surface area contributed by atoms with E-state index < -0.39 is 0 Å². The molecule has 2 aromatic carbocycles. The molecule has 2 aromatic rings. The van der Waals surface area contributed by atoms with Gasteiger partial charge >= 0.3 is 0 Å². The number of nitrogens with zero attached hydrogens (tertiary/aromatic N) is 1. The summed E-state index contributed by atoms with van der Waals surface area (Å²) in [5.74, 6) is -0.149. The highest BCUT2D eigenvalue weighted by atomic mass is 16.5. The fraction of sp³-hybridized carbons (Fsp3) is 0.409. The molecule has 4 heteroatoms. The standard InChI is InChI=1S/C22H27NO3/c1-17(19-12-6-3-7-13-19)22(25)23-15-21(20(23)16-24)26-14-8-11-18-9-4-2-5-10-18/h2-7,9-10,12-13,17,20-21,24H,8,11,14-16H2,1H3. The third-order valence-corrected chi connectivity index (χ3v) is 5.13. The van der Waals surface area contributed by atoms with Crippen LogP contribution >= 0.6 is 0 Å². The average molecular weight is 353 g/mol. The third-order valence-electron chi connectivity index (χ3n) is 5.13. The lowest BCUT2D eigenvalue weighted by molar-refractivity contribution is -0.163. The minimum atomic E-state index is -0.231. The number of ether oxygens (including phenoxy) is 1. The Kier molecular flexibility index (Phi) is 6.42. The summed E-state index contributed by atoms with van der Waals surface area (Å²) >= 11 is 0. The van der Waals surface area contributed by atoms with Gasteiger partial charge in [0.15, 0.2) is 0 Å². The second-order valence-corrected chi connectivity index (χ2v) is 6.87. The Morgan fingerprint density at radius 1 is 1.15 bits per heavy atom. The Morgan fingerprint density at radius 3 is 2.46 bits per heavy atom. The van der Waals surface area contributed by atoms with Gasteiger partial charge in [-0.2, -0.15) is 0 Å². The van der Waals surface area contributed by atoms with Gasteiger partial charge in [0.2, 0.25) is 5.91 Å². The lowest BCUT2D eigenvalue weighted by Gasteiger charge is -2.47. The van der Waals surface area contributed by atoms with E-state index in [0.29, 0.717) is 13.2 Å². The zero-order chi connectivity index (χ0) is 18.4.